The van der Waals surface area contributed by atoms with Gasteiger partial charge in [0.1, 0.15) is 0 Å². The number of rotatable bonds is 4. The van der Waals surface area contributed by atoms with E-state index >= 15 is 0 Å². The Kier molecular flexibility index (Phi) is 5.90. The van der Waals surface area contributed by atoms with Crippen molar-refractivity contribution < 1.29 is 5.11 Å². The summed E-state index contributed by atoms with van der Waals surface area (Å²) in [5.74, 6) is 2.32. The summed E-state index contributed by atoms with van der Waals surface area (Å²) in [6.45, 7) is 19.6. The third-order valence-corrected chi connectivity index (χ3v) is 11.7. The van der Waals surface area contributed by atoms with Gasteiger partial charge in [-0.15, -0.1) is 0 Å². The number of aliphatic hydroxyl groups excluding tert-OH is 1. The van der Waals surface area contributed by atoms with Crippen molar-refractivity contribution in [2.45, 2.75) is 126 Å². The molecule has 0 heterocycles. The van der Waals surface area contributed by atoms with E-state index in [1.54, 1.807) is 0 Å². The van der Waals surface area contributed by atoms with Crippen molar-refractivity contribution in [3.8, 4) is 0 Å². The molecule has 0 aromatic carbocycles. The van der Waals surface area contributed by atoms with Crippen LogP contribution in [-0.4, -0.2) is 11.2 Å². The first-order chi connectivity index (χ1) is 14.4. The minimum atomic E-state index is -0.130. The Morgan fingerprint density at radius 3 is 2.35 bits per heavy atom. The lowest BCUT2D eigenvalue weighted by Crippen LogP contribution is -2.55. The van der Waals surface area contributed by atoms with Crippen molar-refractivity contribution in [3.63, 3.8) is 0 Å². The minimum Gasteiger partial charge on any atom is -0.393 e. The summed E-state index contributed by atoms with van der Waals surface area (Å²) in [5, 5.41) is 10.8. The van der Waals surface area contributed by atoms with E-state index in [0.29, 0.717) is 22.2 Å². The predicted octanol–water partition coefficient (Wildman–Crippen LogP) is 8.48. The van der Waals surface area contributed by atoms with Crippen LogP contribution in [0.25, 0.3) is 0 Å². The topological polar surface area (TPSA) is 20.2 Å². The molecule has 4 unspecified atom stereocenters. The molecule has 0 amide bonds. The molecular formula is C30H50O. The molecule has 2 saturated carbocycles. The Bertz CT molecular complexity index is 767. The molecule has 31 heavy (non-hydrogen) atoms. The summed E-state index contributed by atoms with van der Waals surface area (Å²) < 4.78 is 0. The zero-order chi connectivity index (χ0) is 22.8. The van der Waals surface area contributed by atoms with Gasteiger partial charge < -0.3 is 5.11 Å². The molecule has 0 bridgehead atoms. The van der Waals surface area contributed by atoms with Gasteiger partial charge in [0.05, 0.1) is 6.10 Å². The Labute approximate surface area is 193 Å². The first kappa shape index (κ1) is 23.6. The first-order valence-electron chi connectivity index (χ1n) is 13.4. The highest BCUT2D eigenvalue weighted by atomic mass is 16.3. The van der Waals surface area contributed by atoms with E-state index in [4.69, 9.17) is 0 Å². The van der Waals surface area contributed by atoms with Crippen molar-refractivity contribution in [1.29, 1.82) is 0 Å². The van der Waals surface area contributed by atoms with Crippen LogP contribution in [0.4, 0.5) is 0 Å². The average Bonchev–Trinajstić information content (AvgIpc) is 2.96. The molecule has 176 valence electrons. The fourth-order valence-corrected chi connectivity index (χ4v) is 9.47. The van der Waals surface area contributed by atoms with Gasteiger partial charge in [0.25, 0.3) is 0 Å². The van der Waals surface area contributed by atoms with Crippen molar-refractivity contribution >= 4 is 0 Å². The van der Waals surface area contributed by atoms with Crippen LogP contribution in [0.15, 0.2) is 22.8 Å². The van der Waals surface area contributed by atoms with Gasteiger partial charge in [-0.25, -0.2) is 0 Å². The smallest absolute Gasteiger partial charge is 0.0594 e. The predicted molar refractivity (Wildman–Crippen MR) is 133 cm³/mol. The van der Waals surface area contributed by atoms with Gasteiger partial charge in [0.2, 0.25) is 0 Å². The van der Waals surface area contributed by atoms with Gasteiger partial charge in [0.15, 0.2) is 0 Å². The van der Waals surface area contributed by atoms with Crippen LogP contribution in [0.5, 0.6) is 0 Å². The maximum Gasteiger partial charge on any atom is 0.0594 e. The number of hydrogen-bond donors (Lipinski definition) is 1. The second-order valence-electron chi connectivity index (χ2n) is 13.6. The Hall–Kier alpha value is -0.560. The van der Waals surface area contributed by atoms with Gasteiger partial charge >= 0.3 is 0 Å². The van der Waals surface area contributed by atoms with E-state index in [2.05, 4.69) is 61.5 Å². The molecule has 7 atom stereocenters. The second kappa shape index (κ2) is 7.75. The maximum atomic E-state index is 10.8. The molecule has 1 nitrogen and oxygen atoms in total. The van der Waals surface area contributed by atoms with Crippen LogP contribution in [0.3, 0.4) is 0 Å². The summed E-state index contributed by atoms with van der Waals surface area (Å²) >= 11 is 0. The largest absolute Gasteiger partial charge is 0.393 e. The molecule has 0 saturated heterocycles. The van der Waals surface area contributed by atoms with Gasteiger partial charge in [-0.3, -0.25) is 0 Å². The highest BCUT2D eigenvalue weighted by molar-refractivity contribution is 5.38. The Morgan fingerprint density at radius 1 is 0.968 bits per heavy atom. The number of fused-ring (bicyclic) bond motifs is 4. The number of aliphatic hydroxyl groups is 1. The lowest BCUT2D eigenvalue weighted by atomic mass is 9.43. The van der Waals surface area contributed by atoms with E-state index in [1.165, 1.54) is 63.4 Å². The third kappa shape index (κ3) is 3.34. The fraction of sp³-hybridized carbons (Fsp3) is 0.867. The highest BCUT2D eigenvalue weighted by Gasteiger charge is 2.63. The van der Waals surface area contributed by atoms with Crippen LogP contribution in [0.1, 0.15) is 120 Å². The molecule has 4 aliphatic carbocycles. The molecule has 0 spiro atoms. The molecule has 0 aliphatic heterocycles. The van der Waals surface area contributed by atoms with E-state index < -0.39 is 0 Å². The summed E-state index contributed by atoms with van der Waals surface area (Å²) in [4.78, 5) is 0. The van der Waals surface area contributed by atoms with Gasteiger partial charge in [-0.1, -0.05) is 64.3 Å². The van der Waals surface area contributed by atoms with E-state index in [-0.39, 0.29) is 11.5 Å². The summed E-state index contributed by atoms with van der Waals surface area (Å²) in [6.07, 6.45) is 15.2. The molecule has 4 aliphatic rings. The third-order valence-electron chi connectivity index (χ3n) is 11.7. The molecule has 0 radical (unpaired) electrons. The second-order valence-corrected chi connectivity index (χ2v) is 13.6. The van der Waals surface area contributed by atoms with Crippen molar-refractivity contribution in [1.82, 2.24) is 0 Å². The van der Waals surface area contributed by atoms with Crippen molar-refractivity contribution in [2.75, 3.05) is 0 Å². The Morgan fingerprint density at radius 2 is 1.68 bits per heavy atom. The number of allylic oxidation sites excluding steroid dienone is 4. The summed E-state index contributed by atoms with van der Waals surface area (Å²) in [7, 11) is 0. The normalized spacial score (nSPS) is 44.9. The summed E-state index contributed by atoms with van der Waals surface area (Å²) in [5.41, 5.74) is 6.41. The molecule has 4 rings (SSSR count). The van der Waals surface area contributed by atoms with E-state index in [9.17, 15) is 5.11 Å². The molecule has 1 N–H and O–H groups in total. The lowest BCUT2D eigenvalue weighted by molar-refractivity contribution is -0.0962. The molecular weight excluding hydrogens is 376 g/mol. The van der Waals surface area contributed by atoms with Crippen molar-refractivity contribution in [2.24, 2.45) is 39.4 Å². The van der Waals surface area contributed by atoms with Gasteiger partial charge in [-0.05, 0) is 117 Å². The summed E-state index contributed by atoms with van der Waals surface area (Å²) in [6, 6.07) is 0. The van der Waals surface area contributed by atoms with E-state index in [0.717, 1.165) is 18.3 Å². The molecule has 0 aromatic heterocycles. The molecule has 1 heteroatoms. The van der Waals surface area contributed by atoms with Crippen LogP contribution >= 0.6 is 0 Å². The SMILES string of the molecule is CC(C)=CCCC(C)C1CC[C@]2(C)C3=C(CCC12C)[C@@]1(C)CC[C@H](O)C(C)(C)C1CC3. The number of hydrogen-bond acceptors (Lipinski definition) is 1. The highest BCUT2D eigenvalue weighted by Crippen LogP contribution is 2.72. The standard InChI is InChI=1S/C30H50O/c1-20(2)10-9-11-21(3)22-14-18-30(8)24-12-13-25-27(4,5)26(31)16-17-28(25,6)23(24)15-19-29(22,30)7/h10,21-22,25-26,31H,9,11-19H2,1-8H3/t21?,22?,25?,26-,28+,29?,30+/m0/s1. The fourth-order valence-electron chi connectivity index (χ4n) is 9.47. The first-order valence-corrected chi connectivity index (χ1v) is 13.4. The maximum absolute atomic E-state index is 10.8. The average molecular weight is 427 g/mol. The minimum absolute atomic E-state index is 0.0465. The molecule has 2 fully saturated rings. The van der Waals surface area contributed by atoms with Gasteiger partial charge in [-0.2, -0.15) is 0 Å². The van der Waals surface area contributed by atoms with Crippen LogP contribution in [0, 0.1) is 39.4 Å². The van der Waals surface area contributed by atoms with Crippen LogP contribution in [-0.2, 0) is 0 Å². The van der Waals surface area contributed by atoms with Crippen LogP contribution < -0.4 is 0 Å². The zero-order valence-electron chi connectivity index (χ0n) is 21.9. The lowest BCUT2D eigenvalue weighted by Gasteiger charge is -2.62. The van der Waals surface area contributed by atoms with Crippen molar-refractivity contribution in [3.05, 3.63) is 22.8 Å². The molecule has 0 aromatic rings. The zero-order valence-corrected chi connectivity index (χ0v) is 21.9. The quantitative estimate of drug-likeness (QED) is 0.447. The van der Waals surface area contributed by atoms with Crippen LogP contribution in [0.2, 0.25) is 0 Å². The monoisotopic (exact) mass is 426 g/mol. The van der Waals surface area contributed by atoms with E-state index in [1.807, 2.05) is 11.1 Å². The van der Waals surface area contributed by atoms with Gasteiger partial charge in [0, 0.05) is 0 Å². The Balaban J connectivity index is 1.65.